The smallest absolute Gasteiger partial charge is 0.226 e. The minimum absolute atomic E-state index is 0.209. The molecule has 0 unspecified atom stereocenters. The second-order valence-corrected chi connectivity index (χ2v) is 7.03. The summed E-state index contributed by atoms with van der Waals surface area (Å²) >= 11 is 0. The molecule has 4 heteroatoms. The van der Waals surface area contributed by atoms with Gasteiger partial charge >= 0.3 is 0 Å². The minimum Gasteiger partial charge on any atom is -0.492 e. The zero-order valence-electron chi connectivity index (χ0n) is 16.2. The Balaban J connectivity index is 1.59. The molecule has 0 radical (unpaired) electrons. The molecule has 2 aromatic rings. The van der Waals surface area contributed by atoms with Crippen molar-refractivity contribution in [2.45, 2.75) is 38.6 Å². The molecule has 27 heavy (non-hydrogen) atoms. The van der Waals surface area contributed by atoms with Crippen LogP contribution in [0.2, 0.25) is 0 Å². The number of nitrogens with zero attached hydrogens (tertiary/aromatic N) is 1. The lowest BCUT2D eigenvalue weighted by atomic mass is 10.0. The van der Waals surface area contributed by atoms with Crippen LogP contribution in [-0.4, -0.2) is 43.1 Å². The molecule has 3 rings (SSSR count). The summed E-state index contributed by atoms with van der Waals surface area (Å²) in [6, 6.07) is 18.6. The molecule has 1 heterocycles. The molecule has 0 bridgehead atoms. The monoisotopic (exact) mass is 366 g/mol. The van der Waals surface area contributed by atoms with Crippen LogP contribution in [0.15, 0.2) is 54.6 Å². The molecule has 0 aromatic heterocycles. The normalized spacial score (nSPS) is 14.7. The summed E-state index contributed by atoms with van der Waals surface area (Å²) in [5, 5.41) is 3.37. The molecular formula is C23H30N2O2. The van der Waals surface area contributed by atoms with Gasteiger partial charge in [-0.25, -0.2) is 0 Å². The number of rotatable bonds is 8. The van der Waals surface area contributed by atoms with E-state index in [2.05, 4.69) is 35.3 Å². The fourth-order valence-electron chi connectivity index (χ4n) is 3.71. The largest absolute Gasteiger partial charge is 0.492 e. The average molecular weight is 367 g/mol. The maximum Gasteiger partial charge on any atom is 0.226 e. The highest BCUT2D eigenvalue weighted by Gasteiger charge is 2.24. The maximum absolute atomic E-state index is 12.8. The molecular weight excluding hydrogens is 336 g/mol. The summed E-state index contributed by atoms with van der Waals surface area (Å²) in [6.45, 7) is 5.38. The fraction of sp³-hybridized carbons (Fsp3) is 0.435. The molecule has 0 aliphatic carbocycles. The van der Waals surface area contributed by atoms with Crippen LogP contribution in [0, 0.1) is 0 Å². The van der Waals surface area contributed by atoms with Crippen molar-refractivity contribution in [3.8, 4) is 16.9 Å². The van der Waals surface area contributed by atoms with E-state index >= 15 is 0 Å². The van der Waals surface area contributed by atoms with E-state index in [1.165, 1.54) is 0 Å². The van der Waals surface area contributed by atoms with E-state index in [9.17, 15) is 4.79 Å². The molecule has 2 aromatic carbocycles. The van der Waals surface area contributed by atoms with Crippen molar-refractivity contribution in [1.82, 2.24) is 10.2 Å². The lowest BCUT2D eigenvalue weighted by Crippen LogP contribution is -2.46. The minimum atomic E-state index is 0.209. The molecule has 144 valence electrons. The number of ether oxygens (including phenoxy) is 1. The second kappa shape index (κ2) is 10.1. The summed E-state index contributed by atoms with van der Waals surface area (Å²) in [6.07, 6.45) is 3.51. The van der Waals surface area contributed by atoms with Gasteiger partial charge in [0.1, 0.15) is 5.75 Å². The van der Waals surface area contributed by atoms with Crippen molar-refractivity contribution in [3.05, 3.63) is 54.6 Å². The lowest BCUT2D eigenvalue weighted by Gasteiger charge is -2.34. The number of hydrogen-bond acceptors (Lipinski definition) is 3. The Morgan fingerprint density at radius 2 is 1.78 bits per heavy atom. The average Bonchev–Trinajstić information content (AvgIpc) is 2.73. The Bertz CT molecular complexity index is 711. The number of nitrogens with one attached hydrogen (secondary N) is 1. The SMILES string of the molecule is CCCN(C(=O)CCOc1ccccc1-c1ccccc1)C1CCNCC1. The number of para-hydroxylation sites is 1. The number of piperidine rings is 1. The van der Waals surface area contributed by atoms with Crippen molar-refractivity contribution in [2.75, 3.05) is 26.2 Å². The first-order chi connectivity index (χ1) is 13.3. The topological polar surface area (TPSA) is 41.6 Å². The Hall–Kier alpha value is -2.33. The third kappa shape index (κ3) is 5.33. The highest BCUT2D eigenvalue weighted by Crippen LogP contribution is 2.29. The number of carbonyl (C=O) groups excluding carboxylic acids is 1. The highest BCUT2D eigenvalue weighted by atomic mass is 16.5. The molecule has 0 spiro atoms. The van der Waals surface area contributed by atoms with Crippen molar-refractivity contribution in [3.63, 3.8) is 0 Å². The van der Waals surface area contributed by atoms with Crippen LogP contribution in [0.5, 0.6) is 5.75 Å². The molecule has 1 aliphatic rings. The van der Waals surface area contributed by atoms with Crippen molar-refractivity contribution < 1.29 is 9.53 Å². The molecule has 1 amide bonds. The first-order valence-electron chi connectivity index (χ1n) is 10.1. The Kier molecular flexibility index (Phi) is 7.28. The van der Waals surface area contributed by atoms with Gasteiger partial charge in [-0.05, 0) is 44.0 Å². The predicted octanol–water partition coefficient (Wildman–Crippen LogP) is 4.11. The Morgan fingerprint density at radius 1 is 1.07 bits per heavy atom. The van der Waals surface area contributed by atoms with E-state index in [1.54, 1.807) is 0 Å². The summed E-state index contributed by atoms with van der Waals surface area (Å²) in [5.74, 6) is 1.04. The zero-order valence-corrected chi connectivity index (χ0v) is 16.2. The van der Waals surface area contributed by atoms with Gasteiger partial charge in [0.25, 0.3) is 0 Å². The third-order valence-electron chi connectivity index (χ3n) is 5.08. The van der Waals surface area contributed by atoms with E-state index in [0.717, 1.165) is 55.8 Å². The van der Waals surface area contributed by atoms with Gasteiger partial charge in [-0.1, -0.05) is 55.5 Å². The van der Waals surface area contributed by atoms with Crippen LogP contribution in [-0.2, 0) is 4.79 Å². The first kappa shape index (κ1) is 19.4. The number of benzene rings is 2. The molecule has 0 saturated carbocycles. The van der Waals surface area contributed by atoms with Gasteiger partial charge in [0.05, 0.1) is 13.0 Å². The van der Waals surface area contributed by atoms with Gasteiger partial charge in [0.2, 0.25) is 5.91 Å². The van der Waals surface area contributed by atoms with E-state index in [0.29, 0.717) is 19.1 Å². The van der Waals surface area contributed by atoms with E-state index in [4.69, 9.17) is 4.74 Å². The van der Waals surface area contributed by atoms with Crippen LogP contribution >= 0.6 is 0 Å². The van der Waals surface area contributed by atoms with E-state index < -0.39 is 0 Å². The maximum atomic E-state index is 12.8. The van der Waals surface area contributed by atoms with E-state index in [1.807, 2.05) is 36.4 Å². The van der Waals surface area contributed by atoms with Gasteiger partial charge in [-0.15, -0.1) is 0 Å². The highest BCUT2D eigenvalue weighted by molar-refractivity contribution is 5.77. The molecule has 1 aliphatic heterocycles. The molecule has 1 saturated heterocycles. The van der Waals surface area contributed by atoms with Crippen LogP contribution in [0.3, 0.4) is 0 Å². The van der Waals surface area contributed by atoms with Crippen molar-refractivity contribution >= 4 is 5.91 Å². The summed E-state index contributed by atoms with van der Waals surface area (Å²) in [5.41, 5.74) is 2.19. The quantitative estimate of drug-likeness (QED) is 0.764. The molecule has 0 atom stereocenters. The Labute approximate surface area is 162 Å². The van der Waals surface area contributed by atoms with Crippen LogP contribution in [0.4, 0.5) is 0 Å². The van der Waals surface area contributed by atoms with Gasteiger partial charge in [0, 0.05) is 18.2 Å². The number of carbonyl (C=O) groups is 1. The van der Waals surface area contributed by atoms with Gasteiger partial charge in [-0.2, -0.15) is 0 Å². The summed E-state index contributed by atoms with van der Waals surface area (Å²) in [4.78, 5) is 14.9. The molecule has 4 nitrogen and oxygen atoms in total. The van der Waals surface area contributed by atoms with Gasteiger partial charge < -0.3 is 15.0 Å². The summed E-state index contributed by atoms with van der Waals surface area (Å²) < 4.78 is 6.02. The van der Waals surface area contributed by atoms with E-state index in [-0.39, 0.29) is 5.91 Å². The second-order valence-electron chi connectivity index (χ2n) is 7.03. The number of amides is 1. The zero-order chi connectivity index (χ0) is 18.9. The van der Waals surface area contributed by atoms with Crippen molar-refractivity contribution in [2.24, 2.45) is 0 Å². The summed E-state index contributed by atoms with van der Waals surface area (Å²) in [7, 11) is 0. The lowest BCUT2D eigenvalue weighted by molar-refractivity contribution is -0.134. The predicted molar refractivity (Wildman–Crippen MR) is 110 cm³/mol. The molecule has 1 N–H and O–H groups in total. The third-order valence-corrected chi connectivity index (χ3v) is 5.08. The van der Waals surface area contributed by atoms with Crippen molar-refractivity contribution in [1.29, 1.82) is 0 Å². The number of hydrogen-bond donors (Lipinski definition) is 1. The van der Waals surface area contributed by atoms with Gasteiger partial charge in [0.15, 0.2) is 0 Å². The van der Waals surface area contributed by atoms with Crippen LogP contribution < -0.4 is 10.1 Å². The van der Waals surface area contributed by atoms with Crippen LogP contribution in [0.25, 0.3) is 11.1 Å². The molecule has 1 fully saturated rings. The first-order valence-corrected chi connectivity index (χ1v) is 10.1. The van der Waals surface area contributed by atoms with Gasteiger partial charge in [-0.3, -0.25) is 4.79 Å². The Morgan fingerprint density at radius 3 is 2.52 bits per heavy atom. The fourth-order valence-corrected chi connectivity index (χ4v) is 3.71. The standard InChI is InChI=1S/C23H30N2O2/c1-2-17-25(20-12-15-24-16-13-20)23(26)14-18-27-22-11-7-6-10-21(22)19-8-4-3-5-9-19/h3-11,20,24H,2,12-18H2,1H3. The van der Waals surface area contributed by atoms with Crippen LogP contribution in [0.1, 0.15) is 32.6 Å².